The molecule has 0 radical (unpaired) electrons. The van der Waals surface area contributed by atoms with Crippen molar-refractivity contribution in [1.82, 2.24) is 14.4 Å². The van der Waals surface area contributed by atoms with Crippen LogP contribution in [0.4, 0.5) is 5.82 Å². The molecule has 35 heavy (non-hydrogen) atoms. The Morgan fingerprint density at radius 2 is 2.06 bits per heavy atom. The van der Waals surface area contributed by atoms with Gasteiger partial charge in [0, 0.05) is 47.4 Å². The zero-order valence-electron chi connectivity index (χ0n) is 20.4. The molecule has 0 saturated carbocycles. The Hall–Kier alpha value is -3.03. The molecule has 0 aliphatic heterocycles. The number of benzene rings is 1. The smallest absolute Gasteiger partial charge is 0.163 e. The first-order valence-corrected chi connectivity index (χ1v) is 14.0. The number of nitrogens with one attached hydrogen (secondary N) is 1. The van der Waals surface area contributed by atoms with Crippen molar-refractivity contribution < 1.29 is 4.79 Å². The molecule has 0 saturated heterocycles. The second-order valence-corrected chi connectivity index (χ2v) is 10.8. The van der Waals surface area contributed by atoms with Crippen LogP contribution in [0.15, 0.2) is 53.5 Å². The van der Waals surface area contributed by atoms with Gasteiger partial charge in [0.25, 0.3) is 0 Å². The molecular weight excluding hydrogens is 472 g/mol. The molecule has 1 N–H and O–H groups in total. The van der Waals surface area contributed by atoms with Gasteiger partial charge in [0.1, 0.15) is 17.0 Å². The van der Waals surface area contributed by atoms with E-state index < -0.39 is 0 Å². The minimum Gasteiger partial charge on any atom is -0.371 e. The highest BCUT2D eigenvalue weighted by Gasteiger charge is 2.25. The van der Waals surface area contributed by atoms with Gasteiger partial charge in [-0.2, -0.15) is 11.3 Å². The number of aromatic nitrogens is 3. The number of imidazole rings is 1. The first-order chi connectivity index (χ1) is 17.1. The SMILES string of the molecule is CCCC(CCCC(=O)c1ccsc1)c1nc(-c2sc3ccccc3c2C)c2c(NC)nccn12. The lowest BCUT2D eigenvalue weighted by Crippen LogP contribution is -2.07. The summed E-state index contributed by atoms with van der Waals surface area (Å²) >= 11 is 3.37. The average Bonchev–Trinajstić information content (AvgIpc) is 3.62. The molecule has 0 bridgehead atoms. The van der Waals surface area contributed by atoms with Crippen molar-refractivity contribution in [2.45, 2.75) is 51.9 Å². The highest BCUT2D eigenvalue weighted by atomic mass is 32.1. The van der Waals surface area contributed by atoms with Crippen molar-refractivity contribution in [3.8, 4) is 10.6 Å². The third kappa shape index (κ3) is 4.50. The number of carbonyl (C=O) groups excluding carboxylic acids is 1. The quantitative estimate of drug-likeness (QED) is 0.197. The van der Waals surface area contributed by atoms with Gasteiger partial charge in [-0.1, -0.05) is 31.5 Å². The fourth-order valence-corrected chi connectivity index (χ4v) is 6.78. The van der Waals surface area contributed by atoms with E-state index in [0.29, 0.717) is 6.42 Å². The fraction of sp³-hybridized carbons (Fsp3) is 0.321. The highest BCUT2D eigenvalue weighted by Crippen LogP contribution is 2.42. The number of ketones is 1. The lowest BCUT2D eigenvalue weighted by molar-refractivity contribution is 0.0979. The van der Waals surface area contributed by atoms with E-state index in [0.717, 1.165) is 54.1 Å². The van der Waals surface area contributed by atoms with Crippen LogP contribution >= 0.6 is 22.7 Å². The molecule has 4 aromatic heterocycles. The number of thiophene rings is 2. The molecule has 0 spiro atoms. The molecule has 5 aromatic rings. The van der Waals surface area contributed by atoms with E-state index in [-0.39, 0.29) is 11.7 Å². The molecule has 0 aliphatic carbocycles. The van der Waals surface area contributed by atoms with Gasteiger partial charge in [0.05, 0.1) is 4.88 Å². The monoisotopic (exact) mass is 502 g/mol. The molecule has 4 heterocycles. The van der Waals surface area contributed by atoms with Gasteiger partial charge in [-0.3, -0.25) is 9.20 Å². The molecule has 0 amide bonds. The molecule has 5 rings (SSSR count). The van der Waals surface area contributed by atoms with E-state index in [1.54, 1.807) is 22.7 Å². The Morgan fingerprint density at radius 1 is 1.20 bits per heavy atom. The Morgan fingerprint density at radius 3 is 2.80 bits per heavy atom. The zero-order chi connectivity index (χ0) is 24.4. The molecule has 1 atom stereocenters. The van der Waals surface area contributed by atoms with Crippen molar-refractivity contribution in [2.24, 2.45) is 0 Å². The Bertz CT molecular complexity index is 1470. The maximum atomic E-state index is 12.6. The number of rotatable bonds is 10. The summed E-state index contributed by atoms with van der Waals surface area (Å²) in [6.45, 7) is 4.41. The number of Topliss-reactive ketones (excluding diaryl/α,β-unsaturated/α-hetero) is 1. The van der Waals surface area contributed by atoms with Gasteiger partial charge >= 0.3 is 0 Å². The maximum Gasteiger partial charge on any atom is 0.163 e. The van der Waals surface area contributed by atoms with Gasteiger partial charge in [-0.15, -0.1) is 11.3 Å². The zero-order valence-corrected chi connectivity index (χ0v) is 22.0. The van der Waals surface area contributed by atoms with E-state index in [1.807, 2.05) is 36.3 Å². The Balaban J connectivity index is 1.54. The minimum atomic E-state index is 0.234. The van der Waals surface area contributed by atoms with E-state index in [2.05, 4.69) is 52.8 Å². The number of fused-ring (bicyclic) bond motifs is 2. The van der Waals surface area contributed by atoms with E-state index in [4.69, 9.17) is 4.98 Å². The fourth-order valence-electron chi connectivity index (χ4n) is 4.92. The van der Waals surface area contributed by atoms with Crippen molar-refractivity contribution in [1.29, 1.82) is 0 Å². The molecule has 180 valence electrons. The van der Waals surface area contributed by atoms with Gasteiger partial charge in [0.15, 0.2) is 11.6 Å². The van der Waals surface area contributed by atoms with Crippen LogP contribution < -0.4 is 5.32 Å². The number of nitrogens with zero attached hydrogens (tertiary/aromatic N) is 3. The third-order valence-electron chi connectivity index (χ3n) is 6.68. The lowest BCUT2D eigenvalue weighted by Gasteiger charge is -2.15. The second kappa shape index (κ2) is 10.3. The highest BCUT2D eigenvalue weighted by molar-refractivity contribution is 7.22. The molecule has 7 heteroatoms. The lowest BCUT2D eigenvalue weighted by atomic mass is 9.95. The van der Waals surface area contributed by atoms with Crippen molar-refractivity contribution in [2.75, 3.05) is 12.4 Å². The van der Waals surface area contributed by atoms with Crippen LogP contribution in [-0.4, -0.2) is 27.2 Å². The van der Waals surface area contributed by atoms with Gasteiger partial charge in [0.2, 0.25) is 0 Å². The summed E-state index contributed by atoms with van der Waals surface area (Å²) in [4.78, 5) is 23.7. The second-order valence-electron chi connectivity index (χ2n) is 8.93. The van der Waals surface area contributed by atoms with Crippen LogP contribution in [0, 0.1) is 6.92 Å². The summed E-state index contributed by atoms with van der Waals surface area (Å²) in [5.74, 6) is 2.41. The molecule has 5 nitrogen and oxygen atoms in total. The predicted molar refractivity (Wildman–Crippen MR) is 148 cm³/mol. The first kappa shape index (κ1) is 23.7. The summed E-state index contributed by atoms with van der Waals surface area (Å²) in [5, 5.41) is 8.47. The minimum absolute atomic E-state index is 0.234. The van der Waals surface area contributed by atoms with Crippen LogP contribution in [0.2, 0.25) is 0 Å². The van der Waals surface area contributed by atoms with Crippen LogP contribution in [0.1, 0.15) is 66.7 Å². The van der Waals surface area contributed by atoms with Crippen LogP contribution in [0.25, 0.3) is 26.2 Å². The summed E-state index contributed by atoms with van der Waals surface area (Å²) in [7, 11) is 1.91. The molecule has 1 unspecified atom stereocenters. The molecular formula is C28H30N4OS2. The van der Waals surface area contributed by atoms with Crippen molar-refractivity contribution in [3.05, 3.63) is 70.4 Å². The molecule has 0 fully saturated rings. The summed E-state index contributed by atoms with van der Waals surface area (Å²) in [6.07, 6.45) is 8.35. The van der Waals surface area contributed by atoms with Gasteiger partial charge < -0.3 is 5.32 Å². The van der Waals surface area contributed by atoms with Crippen LogP contribution in [0.5, 0.6) is 0 Å². The first-order valence-electron chi connectivity index (χ1n) is 12.2. The summed E-state index contributed by atoms with van der Waals surface area (Å²) < 4.78 is 3.49. The number of hydrogen-bond donors (Lipinski definition) is 1. The maximum absolute atomic E-state index is 12.6. The van der Waals surface area contributed by atoms with Crippen molar-refractivity contribution >= 4 is 49.9 Å². The Kier molecular flexibility index (Phi) is 6.97. The topological polar surface area (TPSA) is 59.3 Å². The number of aryl methyl sites for hydroxylation is 1. The summed E-state index contributed by atoms with van der Waals surface area (Å²) in [6, 6.07) is 10.5. The number of hydrogen-bond acceptors (Lipinski definition) is 6. The van der Waals surface area contributed by atoms with Gasteiger partial charge in [-0.05, 0) is 54.6 Å². The summed E-state index contributed by atoms with van der Waals surface area (Å²) in [5.41, 5.74) is 4.11. The van der Waals surface area contributed by atoms with Gasteiger partial charge in [-0.25, -0.2) is 9.97 Å². The van der Waals surface area contributed by atoms with Crippen LogP contribution in [0.3, 0.4) is 0 Å². The molecule has 1 aromatic carbocycles. The molecule has 0 aliphatic rings. The largest absolute Gasteiger partial charge is 0.371 e. The van der Waals surface area contributed by atoms with Crippen molar-refractivity contribution in [3.63, 3.8) is 0 Å². The van der Waals surface area contributed by atoms with E-state index in [1.165, 1.54) is 20.5 Å². The predicted octanol–water partition coefficient (Wildman–Crippen LogP) is 7.96. The van der Waals surface area contributed by atoms with Crippen LogP contribution in [-0.2, 0) is 0 Å². The third-order valence-corrected chi connectivity index (χ3v) is 8.64. The average molecular weight is 503 g/mol. The normalized spacial score (nSPS) is 12.4. The Labute approximate surface area is 213 Å². The number of anilines is 1. The number of carbonyl (C=O) groups is 1. The van der Waals surface area contributed by atoms with E-state index >= 15 is 0 Å². The van der Waals surface area contributed by atoms with E-state index in [9.17, 15) is 4.79 Å². The standard InChI is InChI=1S/C28H30N4OS2/c1-4-8-19(9-7-11-22(33)20-13-16-34-17-20)28-31-24(25-27(29-3)30-14-15-32(25)28)26-18(2)21-10-5-6-12-23(21)35-26/h5-6,10,12-17,19H,4,7-9,11H2,1-3H3,(H,29,30).